The lowest BCUT2D eigenvalue weighted by atomic mass is 9.71. The van der Waals surface area contributed by atoms with Gasteiger partial charge in [0.15, 0.2) is 0 Å². The van der Waals surface area contributed by atoms with Crippen molar-refractivity contribution in [3.8, 4) is 11.3 Å². The fourth-order valence-corrected chi connectivity index (χ4v) is 3.70. The summed E-state index contributed by atoms with van der Waals surface area (Å²) < 4.78 is 0. The summed E-state index contributed by atoms with van der Waals surface area (Å²) in [4.78, 5) is 27.8. The third-order valence-corrected chi connectivity index (χ3v) is 4.83. The Hall–Kier alpha value is -2.29. The molecule has 3 rings (SSSR count). The number of rotatable bonds is 6. The van der Waals surface area contributed by atoms with Gasteiger partial charge in [0.2, 0.25) is 0 Å². The van der Waals surface area contributed by atoms with Gasteiger partial charge in [0.1, 0.15) is 11.6 Å². The minimum Gasteiger partial charge on any atom is -0.300 e. The minimum atomic E-state index is -0.280. The van der Waals surface area contributed by atoms with Crippen molar-refractivity contribution in [3.63, 3.8) is 0 Å². The maximum Gasteiger partial charge on any atom is 0.129 e. The molecular weight excluding hydrogens is 286 g/mol. The van der Waals surface area contributed by atoms with Gasteiger partial charge < -0.3 is 9.59 Å². The predicted octanol–water partition coefficient (Wildman–Crippen LogP) is 4.09. The third kappa shape index (κ3) is 2.72. The molecule has 0 N–H and O–H groups in total. The van der Waals surface area contributed by atoms with E-state index in [0.717, 1.165) is 29.7 Å². The van der Waals surface area contributed by atoms with E-state index >= 15 is 0 Å². The van der Waals surface area contributed by atoms with Gasteiger partial charge in [-0.25, -0.2) is 0 Å². The molecule has 23 heavy (non-hydrogen) atoms. The summed E-state index contributed by atoms with van der Waals surface area (Å²) in [5.74, 6) is 0.365. The van der Waals surface area contributed by atoms with Gasteiger partial charge in [0.05, 0.1) is 5.69 Å². The summed E-state index contributed by atoms with van der Waals surface area (Å²) in [6.45, 7) is 3.26. The molecule has 1 aliphatic rings. The number of hydrogen-bond acceptors (Lipinski definition) is 3. The monoisotopic (exact) mass is 307 g/mol. The van der Waals surface area contributed by atoms with Crippen LogP contribution >= 0.6 is 0 Å². The van der Waals surface area contributed by atoms with E-state index in [0.29, 0.717) is 12.8 Å². The Bertz CT molecular complexity index is 698. The van der Waals surface area contributed by atoms with Crippen LogP contribution in [0.1, 0.15) is 50.7 Å². The number of pyridine rings is 1. The molecule has 0 saturated heterocycles. The van der Waals surface area contributed by atoms with Gasteiger partial charge in [0.25, 0.3) is 0 Å². The van der Waals surface area contributed by atoms with Crippen molar-refractivity contribution in [1.82, 2.24) is 4.98 Å². The van der Waals surface area contributed by atoms with Gasteiger partial charge in [-0.2, -0.15) is 0 Å². The van der Waals surface area contributed by atoms with Crippen molar-refractivity contribution in [2.45, 2.75) is 44.9 Å². The summed E-state index contributed by atoms with van der Waals surface area (Å²) in [5, 5.41) is 0. The second-order valence-electron chi connectivity index (χ2n) is 6.43. The molecule has 0 saturated carbocycles. The number of Topliss-reactive ketones (excluding diaryl/α,β-unsaturated/α-hetero) is 2. The zero-order valence-corrected chi connectivity index (χ0v) is 13.6. The van der Waals surface area contributed by atoms with Crippen molar-refractivity contribution in [2.75, 3.05) is 0 Å². The maximum atomic E-state index is 11.6. The molecular formula is C20H21NO2. The molecule has 1 aliphatic carbocycles. The van der Waals surface area contributed by atoms with Gasteiger partial charge in [-0.15, -0.1) is 0 Å². The number of nitrogens with zero attached hydrogens (tertiary/aromatic N) is 1. The first-order valence-electron chi connectivity index (χ1n) is 8.09. The molecule has 1 heterocycles. The normalized spacial score (nSPS) is 14.2. The number of hydrogen-bond donors (Lipinski definition) is 0. The Balaban J connectivity index is 2.16. The molecule has 1 aromatic heterocycles. The van der Waals surface area contributed by atoms with Crippen molar-refractivity contribution in [2.24, 2.45) is 0 Å². The van der Waals surface area contributed by atoms with Gasteiger partial charge in [-0.1, -0.05) is 30.3 Å². The number of carbonyl (C=O) groups excluding carboxylic acids is 2. The van der Waals surface area contributed by atoms with E-state index in [2.05, 4.69) is 23.2 Å². The quantitative estimate of drug-likeness (QED) is 0.807. The summed E-state index contributed by atoms with van der Waals surface area (Å²) in [6, 6.07) is 12.3. The van der Waals surface area contributed by atoms with Crippen LogP contribution in [0.3, 0.4) is 0 Å². The lowest BCUT2D eigenvalue weighted by Gasteiger charge is -2.31. The molecule has 0 unspecified atom stereocenters. The van der Waals surface area contributed by atoms with E-state index in [1.54, 1.807) is 13.8 Å². The number of aromatic nitrogens is 1. The van der Waals surface area contributed by atoms with Gasteiger partial charge >= 0.3 is 0 Å². The van der Waals surface area contributed by atoms with Crippen molar-refractivity contribution in [1.29, 1.82) is 0 Å². The zero-order chi connectivity index (χ0) is 16.4. The first-order valence-corrected chi connectivity index (χ1v) is 8.09. The van der Waals surface area contributed by atoms with Crippen molar-refractivity contribution in [3.05, 3.63) is 53.7 Å². The van der Waals surface area contributed by atoms with Crippen LogP contribution in [0.2, 0.25) is 0 Å². The lowest BCUT2D eigenvalue weighted by Crippen LogP contribution is -2.27. The van der Waals surface area contributed by atoms with Crippen molar-refractivity contribution >= 4 is 11.6 Å². The largest absolute Gasteiger partial charge is 0.300 e. The second kappa shape index (κ2) is 6.07. The smallest absolute Gasteiger partial charge is 0.129 e. The molecule has 0 fully saturated rings. The highest BCUT2D eigenvalue weighted by molar-refractivity contribution is 5.81. The van der Waals surface area contributed by atoms with Crippen molar-refractivity contribution < 1.29 is 9.59 Å². The first kappa shape index (κ1) is 15.6. The topological polar surface area (TPSA) is 47.0 Å². The number of ketones is 2. The van der Waals surface area contributed by atoms with Crippen LogP contribution in [0, 0.1) is 0 Å². The summed E-state index contributed by atoms with van der Waals surface area (Å²) in [6.07, 6.45) is 4.29. The highest BCUT2D eigenvalue weighted by Crippen LogP contribution is 2.52. The van der Waals surface area contributed by atoms with E-state index in [9.17, 15) is 9.59 Å². The fraction of sp³-hybridized carbons (Fsp3) is 0.350. The average molecular weight is 307 g/mol. The summed E-state index contributed by atoms with van der Waals surface area (Å²) in [7, 11) is 0. The third-order valence-electron chi connectivity index (χ3n) is 4.83. The maximum absolute atomic E-state index is 11.6. The molecule has 0 amide bonds. The Kier molecular flexibility index (Phi) is 4.12. The molecule has 3 nitrogen and oxygen atoms in total. The highest BCUT2D eigenvalue weighted by atomic mass is 16.1. The van der Waals surface area contributed by atoms with Crippen LogP contribution < -0.4 is 0 Å². The zero-order valence-electron chi connectivity index (χ0n) is 13.6. The fourth-order valence-electron chi connectivity index (χ4n) is 3.70. The molecule has 0 atom stereocenters. The Morgan fingerprint density at radius 2 is 1.52 bits per heavy atom. The lowest BCUT2D eigenvalue weighted by molar-refractivity contribution is -0.117. The highest BCUT2D eigenvalue weighted by Gasteiger charge is 2.43. The standard InChI is InChI=1S/C20H21NO2/c1-14(22)9-11-20(12-10-15(2)23)17-7-4-3-6-16(17)19-18(20)8-5-13-21-19/h3-8,13H,9-12H2,1-2H3. The molecule has 2 aromatic rings. The Morgan fingerprint density at radius 1 is 0.913 bits per heavy atom. The predicted molar refractivity (Wildman–Crippen MR) is 90.3 cm³/mol. The molecule has 0 bridgehead atoms. The molecule has 3 heteroatoms. The molecule has 0 spiro atoms. The average Bonchev–Trinajstić information content (AvgIpc) is 2.82. The van der Waals surface area contributed by atoms with Crippen LogP contribution in [0.4, 0.5) is 0 Å². The first-order chi connectivity index (χ1) is 11.0. The van der Waals surface area contributed by atoms with E-state index in [4.69, 9.17) is 0 Å². The van der Waals surface area contributed by atoms with E-state index in [1.807, 2.05) is 24.4 Å². The van der Waals surface area contributed by atoms with E-state index in [-0.39, 0.29) is 17.0 Å². The minimum absolute atomic E-state index is 0.182. The van der Waals surface area contributed by atoms with E-state index < -0.39 is 0 Å². The molecule has 0 aliphatic heterocycles. The second-order valence-corrected chi connectivity index (χ2v) is 6.43. The Morgan fingerprint density at radius 3 is 2.17 bits per heavy atom. The van der Waals surface area contributed by atoms with Crippen LogP contribution in [-0.2, 0) is 15.0 Å². The number of fused-ring (bicyclic) bond motifs is 3. The summed E-state index contributed by atoms with van der Waals surface area (Å²) in [5.41, 5.74) is 4.21. The molecule has 0 radical (unpaired) electrons. The molecule has 1 aromatic carbocycles. The van der Waals surface area contributed by atoms with Crippen LogP contribution in [0.25, 0.3) is 11.3 Å². The van der Waals surface area contributed by atoms with Gasteiger partial charge in [-0.05, 0) is 43.9 Å². The Labute approximate surface area is 136 Å². The van der Waals surface area contributed by atoms with Gasteiger partial charge in [-0.3, -0.25) is 4.98 Å². The van der Waals surface area contributed by atoms with E-state index in [1.165, 1.54) is 5.56 Å². The number of carbonyl (C=O) groups is 2. The summed E-state index contributed by atoms with van der Waals surface area (Å²) >= 11 is 0. The van der Waals surface area contributed by atoms with Gasteiger partial charge in [0, 0.05) is 30.0 Å². The van der Waals surface area contributed by atoms with Crippen LogP contribution in [0.5, 0.6) is 0 Å². The van der Waals surface area contributed by atoms with Crippen LogP contribution in [-0.4, -0.2) is 16.6 Å². The number of benzene rings is 1. The molecule has 118 valence electrons. The SMILES string of the molecule is CC(=O)CCC1(CCC(C)=O)c2ccccc2-c2ncccc21. The van der Waals surface area contributed by atoms with Crippen LogP contribution in [0.15, 0.2) is 42.6 Å².